The van der Waals surface area contributed by atoms with Crippen LogP contribution >= 0.6 is 0 Å². The first-order valence-electron chi connectivity index (χ1n) is 7.75. The van der Waals surface area contributed by atoms with Crippen molar-refractivity contribution in [3.8, 4) is 0 Å². The lowest BCUT2D eigenvalue weighted by Gasteiger charge is -2.32. The molecule has 0 radical (unpaired) electrons. The van der Waals surface area contributed by atoms with Crippen molar-refractivity contribution in [1.82, 2.24) is 10.2 Å². The van der Waals surface area contributed by atoms with Gasteiger partial charge in [-0.1, -0.05) is 13.8 Å². The zero-order chi connectivity index (χ0) is 13.2. The zero-order valence-corrected chi connectivity index (χ0v) is 12.6. The van der Waals surface area contributed by atoms with E-state index < -0.39 is 0 Å². The van der Waals surface area contributed by atoms with Gasteiger partial charge in [-0.25, -0.2) is 0 Å². The van der Waals surface area contributed by atoms with E-state index in [0.717, 1.165) is 25.1 Å². The molecule has 18 heavy (non-hydrogen) atoms. The summed E-state index contributed by atoms with van der Waals surface area (Å²) in [5.41, 5.74) is 0. The number of nitrogens with one attached hydrogen (secondary N) is 1. The lowest BCUT2D eigenvalue weighted by Crippen LogP contribution is -2.39. The average molecular weight is 256 g/mol. The number of rotatable bonds is 9. The Morgan fingerprint density at radius 2 is 2.06 bits per heavy atom. The van der Waals surface area contributed by atoms with Crippen LogP contribution in [0.2, 0.25) is 0 Å². The summed E-state index contributed by atoms with van der Waals surface area (Å²) >= 11 is 0. The number of methoxy groups -OCH3 is 1. The van der Waals surface area contributed by atoms with Crippen LogP contribution < -0.4 is 5.32 Å². The topological polar surface area (TPSA) is 24.5 Å². The lowest BCUT2D eigenvalue weighted by molar-refractivity contribution is 0.108. The fraction of sp³-hybridized carbons (Fsp3) is 1.00. The lowest BCUT2D eigenvalue weighted by atomic mass is 9.95. The summed E-state index contributed by atoms with van der Waals surface area (Å²) in [5.74, 6) is 0.887. The van der Waals surface area contributed by atoms with Crippen LogP contribution in [0.4, 0.5) is 0 Å². The van der Waals surface area contributed by atoms with Crippen LogP contribution in [-0.2, 0) is 4.74 Å². The Hall–Kier alpha value is -0.120. The number of hydrogen-bond acceptors (Lipinski definition) is 3. The molecule has 3 nitrogen and oxygen atoms in total. The Bertz CT molecular complexity index is 189. The van der Waals surface area contributed by atoms with Gasteiger partial charge in [0.1, 0.15) is 0 Å². The Morgan fingerprint density at radius 3 is 2.61 bits per heavy atom. The van der Waals surface area contributed by atoms with Crippen molar-refractivity contribution in [3.05, 3.63) is 0 Å². The van der Waals surface area contributed by atoms with Gasteiger partial charge in [0.25, 0.3) is 0 Å². The van der Waals surface area contributed by atoms with Crippen LogP contribution in [0.5, 0.6) is 0 Å². The molecule has 0 aliphatic carbocycles. The molecule has 1 unspecified atom stereocenters. The second kappa shape index (κ2) is 9.76. The summed E-state index contributed by atoms with van der Waals surface area (Å²) in [6.45, 7) is 10.2. The van der Waals surface area contributed by atoms with Crippen molar-refractivity contribution in [2.75, 3.05) is 39.9 Å². The molecule has 3 heteroatoms. The van der Waals surface area contributed by atoms with Gasteiger partial charge in [0.15, 0.2) is 0 Å². The Balaban J connectivity index is 2.33. The smallest absolute Gasteiger partial charge is 0.0589 e. The summed E-state index contributed by atoms with van der Waals surface area (Å²) in [5, 5.41) is 3.52. The summed E-state index contributed by atoms with van der Waals surface area (Å²) in [6.07, 6.45) is 6.61. The second-order valence-corrected chi connectivity index (χ2v) is 5.50. The fourth-order valence-corrected chi connectivity index (χ4v) is 3.01. The van der Waals surface area contributed by atoms with E-state index in [1.165, 1.54) is 51.7 Å². The molecule has 0 bridgehead atoms. The molecule has 108 valence electrons. The third-order valence-corrected chi connectivity index (χ3v) is 4.27. The molecule has 0 spiro atoms. The molecule has 1 aliphatic heterocycles. The molecule has 1 aliphatic rings. The molecular formula is C15H32N2O. The quantitative estimate of drug-likeness (QED) is 0.686. The highest BCUT2D eigenvalue weighted by Crippen LogP contribution is 2.17. The van der Waals surface area contributed by atoms with Gasteiger partial charge < -0.3 is 10.1 Å². The monoisotopic (exact) mass is 256 g/mol. The van der Waals surface area contributed by atoms with E-state index in [9.17, 15) is 0 Å². The van der Waals surface area contributed by atoms with Gasteiger partial charge in [-0.15, -0.1) is 0 Å². The van der Waals surface area contributed by atoms with Gasteiger partial charge in [-0.05, 0) is 57.7 Å². The molecule has 1 N–H and O–H groups in total. The molecule has 0 aromatic heterocycles. The first-order valence-corrected chi connectivity index (χ1v) is 7.75. The summed E-state index contributed by atoms with van der Waals surface area (Å²) < 4.78 is 5.25. The van der Waals surface area contributed by atoms with Crippen LogP contribution in [0.1, 0.15) is 46.0 Å². The first-order chi connectivity index (χ1) is 8.81. The van der Waals surface area contributed by atoms with Crippen LogP contribution in [0.3, 0.4) is 0 Å². The molecule has 1 rings (SSSR count). The maximum Gasteiger partial charge on any atom is 0.0589 e. The minimum Gasteiger partial charge on any atom is -0.383 e. The van der Waals surface area contributed by atoms with Gasteiger partial charge in [-0.2, -0.15) is 0 Å². The maximum atomic E-state index is 5.25. The largest absolute Gasteiger partial charge is 0.383 e. The third-order valence-electron chi connectivity index (χ3n) is 4.27. The fourth-order valence-electron chi connectivity index (χ4n) is 3.01. The van der Waals surface area contributed by atoms with E-state index >= 15 is 0 Å². The van der Waals surface area contributed by atoms with Crippen LogP contribution in [0.25, 0.3) is 0 Å². The van der Waals surface area contributed by atoms with Gasteiger partial charge >= 0.3 is 0 Å². The van der Waals surface area contributed by atoms with Crippen LogP contribution in [-0.4, -0.2) is 50.8 Å². The third kappa shape index (κ3) is 5.68. The molecule has 0 aromatic rings. The summed E-state index contributed by atoms with van der Waals surface area (Å²) in [4.78, 5) is 2.64. The molecule has 0 aromatic carbocycles. The van der Waals surface area contributed by atoms with E-state index in [1.807, 2.05) is 0 Å². The van der Waals surface area contributed by atoms with Gasteiger partial charge in [0, 0.05) is 19.7 Å². The SMILES string of the molecule is CCC(CC)N(CCOC)CCC1CCCNC1. The minimum atomic E-state index is 0.733. The van der Waals surface area contributed by atoms with Gasteiger partial charge in [-0.3, -0.25) is 4.90 Å². The molecular weight excluding hydrogens is 224 g/mol. The minimum absolute atomic E-state index is 0.733. The predicted molar refractivity (Wildman–Crippen MR) is 78.0 cm³/mol. The number of ether oxygens (including phenoxy) is 1. The van der Waals surface area contributed by atoms with E-state index in [-0.39, 0.29) is 0 Å². The number of piperidine rings is 1. The molecule has 1 heterocycles. The standard InChI is InChI=1S/C15H32N2O/c1-4-15(5-2)17(11-12-18-3)10-8-14-7-6-9-16-13-14/h14-16H,4-13H2,1-3H3. The Morgan fingerprint density at radius 1 is 1.28 bits per heavy atom. The van der Waals surface area contributed by atoms with E-state index in [1.54, 1.807) is 7.11 Å². The number of nitrogens with zero attached hydrogens (tertiary/aromatic N) is 1. The van der Waals surface area contributed by atoms with Crippen molar-refractivity contribution < 1.29 is 4.74 Å². The van der Waals surface area contributed by atoms with Crippen molar-refractivity contribution in [3.63, 3.8) is 0 Å². The molecule has 0 amide bonds. The first kappa shape index (κ1) is 15.9. The predicted octanol–water partition coefficient (Wildman–Crippen LogP) is 2.51. The maximum absolute atomic E-state index is 5.25. The van der Waals surface area contributed by atoms with Crippen molar-refractivity contribution in [2.24, 2.45) is 5.92 Å². The highest BCUT2D eigenvalue weighted by atomic mass is 16.5. The zero-order valence-electron chi connectivity index (χ0n) is 12.6. The second-order valence-electron chi connectivity index (χ2n) is 5.50. The Kier molecular flexibility index (Phi) is 8.64. The van der Waals surface area contributed by atoms with Crippen molar-refractivity contribution in [1.29, 1.82) is 0 Å². The van der Waals surface area contributed by atoms with E-state index in [0.29, 0.717) is 0 Å². The summed E-state index contributed by atoms with van der Waals surface area (Å²) in [6, 6.07) is 0.733. The van der Waals surface area contributed by atoms with Crippen molar-refractivity contribution >= 4 is 0 Å². The normalized spacial score (nSPS) is 20.8. The molecule has 1 atom stereocenters. The van der Waals surface area contributed by atoms with Crippen LogP contribution in [0.15, 0.2) is 0 Å². The average Bonchev–Trinajstić information content (AvgIpc) is 2.43. The van der Waals surface area contributed by atoms with E-state index in [4.69, 9.17) is 4.74 Å². The van der Waals surface area contributed by atoms with Crippen molar-refractivity contribution in [2.45, 2.75) is 52.0 Å². The van der Waals surface area contributed by atoms with Gasteiger partial charge in [0.2, 0.25) is 0 Å². The highest BCUT2D eigenvalue weighted by molar-refractivity contribution is 4.74. The Labute approximate surface area is 113 Å². The molecule has 1 fully saturated rings. The highest BCUT2D eigenvalue weighted by Gasteiger charge is 2.18. The molecule has 1 saturated heterocycles. The number of hydrogen-bond donors (Lipinski definition) is 1. The van der Waals surface area contributed by atoms with Gasteiger partial charge in [0.05, 0.1) is 6.61 Å². The van der Waals surface area contributed by atoms with Crippen LogP contribution in [0, 0.1) is 5.92 Å². The summed E-state index contributed by atoms with van der Waals surface area (Å²) in [7, 11) is 1.80. The molecule has 0 saturated carbocycles. The van der Waals surface area contributed by atoms with E-state index in [2.05, 4.69) is 24.1 Å².